The largest absolute Gasteiger partial charge is 0.502 e. The Hall–Kier alpha value is -3.09. The van der Waals surface area contributed by atoms with Gasteiger partial charge in [0.05, 0.1) is 22.5 Å². The van der Waals surface area contributed by atoms with Crippen LogP contribution in [0.4, 0.5) is 27.8 Å². The summed E-state index contributed by atoms with van der Waals surface area (Å²) in [6.07, 6.45) is 2.36. The Morgan fingerprint density at radius 2 is 1.91 bits per heavy atom. The third kappa shape index (κ3) is 3.91. The zero-order chi connectivity index (χ0) is 25.1. The van der Waals surface area contributed by atoms with E-state index in [4.69, 9.17) is 0 Å². The maximum atomic E-state index is 14.9. The second kappa shape index (κ2) is 8.00. The molecule has 2 aromatic heterocycles. The lowest BCUT2D eigenvalue weighted by atomic mass is 10.1. The van der Waals surface area contributed by atoms with Crippen molar-refractivity contribution >= 4 is 26.6 Å². The molecule has 0 bridgehead atoms. The monoisotopic (exact) mass is 502 g/mol. The molecule has 2 heterocycles. The number of pyridine rings is 1. The summed E-state index contributed by atoms with van der Waals surface area (Å²) in [5.41, 5.74) is -7.15. The van der Waals surface area contributed by atoms with Gasteiger partial charge in [-0.05, 0) is 32.8 Å². The predicted molar refractivity (Wildman–Crippen MR) is 113 cm³/mol. The second-order valence-corrected chi connectivity index (χ2v) is 10.1. The number of anilines is 1. The molecule has 1 N–H and O–H groups in total. The fourth-order valence-corrected chi connectivity index (χ4v) is 4.62. The molecule has 1 aliphatic rings. The van der Waals surface area contributed by atoms with E-state index in [9.17, 15) is 35.2 Å². The summed E-state index contributed by atoms with van der Waals surface area (Å²) in [4.78, 5) is 19.5. The SMILES string of the molecule is Cc1nc(N[C@H](C)c2cccc(S(=O)(=O)C(F)(F)F)c2F)c2cn(C3(CF)CC3)c(=O)cc2n1. The first kappa shape index (κ1) is 24.0. The highest BCUT2D eigenvalue weighted by molar-refractivity contribution is 7.92. The number of hydrogen-bond acceptors (Lipinski definition) is 6. The van der Waals surface area contributed by atoms with E-state index >= 15 is 0 Å². The van der Waals surface area contributed by atoms with Crippen LogP contribution in [0.15, 0.2) is 40.2 Å². The maximum absolute atomic E-state index is 14.9. The molecule has 1 aliphatic carbocycles. The van der Waals surface area contributed by atoms with Gasteiger partial charge >= 0.3 is 5.51 Å². The molecule has 13 heteroatoms. The maximum Gasteiger partial charge on any atom is 0.502 e. The highest BCUT2D eigenvalue weighted by atomic mass is 32.2. The van der Waals surface area contributed by atoms with Crippen LogP contribution in [-0.4, -0.2) is 35.1 Å². The molecule has 7 nitrogen and oxygen atoms in total. The first-order valence-corrected chi connectivity index (χ1v) is 11.6. The Morgan fingerprint density at radius 3 is 2.50 bits per heavy atom. The lowest BCUT2D eigenvalue weighted by Crippen LogP contribution is -2.31. The lowest BCUT2D eigenvalue weighted by Gasteiger charge is -2.20. The summed E-state index contributed by atoms with van der Waals surface area (Å²) in [7, 11) is -5.90. The quantitative estimate of drug-likeness (QED) is 0.509. The smallest absolute Gasteiger partial charge is 0.363 e. The highest BCUT2D eigenvalue weighted by Crippen LogP contribution is 2.43. The minimum atomic E-state index is -5.90. The number of rotatable bonds is 6. The Labute approximate surface area is 190 Å². The van der Waals surface area contributed by atoms with Gasteiger partial charge in [-0.1, -0.05) is 12.1 Å². The fraction of sp³-hybridized carbons (Fsp3) is 0.381. The number of halogens is 5. The molecular formula is C21H19F5N4O3S. The molecule has 1 aromatic carbocycles. The molecule has 1 saturated carbocycles. The molecule has 1 fully saturated rings. The number of fused-ring (bicyclic) bond motifs is 1. The number of nitrogens with zero attached hydrogens (tertiary/aromatic N) is 3. The van der Waals surface area contributed by atoms with E-state index < -0.39 is 49.9 Å². The van der Waals surface area contributed by atoms with Crippen LogP contribution in [0.3, 0.4) is 0 Å². The molecule has 3 aromatic rings. The van der Waals surface area contributed by atoms with E-state index in [0.717, 1.165) is 12.1 Å². The average molecular weight is 502 g/mol. The Kier molecular flexibility index (Phi) is 5.66. The standard InChI is InChI=1S/C21H19F5N4O3S/c1-11(13-4-3-5-16(18(13)23)34(32,33)21(24,25)26)27-19-14-9-30(20(10-22)6-7-20)17(31)8-15(14)28-12(2)29-19/h3-5,8-9,11H,6-7,10H2,1-2H3,(H,27,28,29)/t11-/m1/s1. The highest BCUT2D eigenvalue weighted by Gasteiger charge is 2.48. The van der Waals surface area contributed by atoms with Gasteiger partial charge in [-0.15, -0.1) is 0 Å². The van der Waals surface area contributed by atoms with Crippen molar-refractivity contribution < 1.29 is 30.4 Å². The number of hydrogen-bond donors (Lipinski definition) is 1. The number of nitrogens with one attached hydrogen (secondary N) is 1. The molecule has 0 unspecified atom stereocenters. The van der Waals surface area contributed by atoms with Gasteiger partial charge < -0.3 is 9.88 Å². The lowest BCUT2D eigenvalue weighted by molar-refractivity contribution is -0.0437. The van der Waals surface area contributed by atoms with E-state index in [0.29, 0.717) is 24.3 Å². The molecule has 0 saturated heterocycles. The van der Waals surface area contributed by atoms with E-state index in [2.05, 4.69) is 15.3 Å². The van der Waals surface area contributed by atoms with Crippen LogP contribution in [0.2, 0.25) is 0 Å². The van der Waals surface area contributed by atoms with Crippen LogP contribution in [0, 0.1) is 12.7 Å². The van der Waals surface area contributed by atoms with E-state index in [1.165, 1.54) is 23.8 Å². The Balaban J connectivity index is 1.79. The fourth-order valence-electron chi connectivity index (χ4n) is 3.76. The van der Waals surface area contributed by atoms with Crippen LogP contribution in [0.5, 0.6) is 0 Å². The van der Waals surface area contributed by atoms with Crippen LogP contribution in [0.25, 0.3) is 10.9 Å². The third-order valence-corrected chi connectivity index (χ3v) is 7.34. The van der Waals surface area contributed by atoms with Crippen molar-refractivity contribution in [2.24, 2.45) is 0 Å². The van der Waals surface area contributed by atoms with Crippen molar-refractivity contribution in [3.63, 3.8) is 0 Å². The van der Waals surface area contributed by atoms with E-state index in [1.54, 1.807) is 6.92 Å². The predicted octanol–water partition coefficient (Wildman–Crippen LogP) is 4.16. The first-order valence-electron chi connectivity index (χ1n) is 10.1. The van der Waals surface area contributed by atoms with Crippen molar-refractivity contribution in [1.82, 2.24) is 14.5 Å². The zero-order valence-corrected chi connectivity index (χ0v) is 18.8. The van der Waals surface area contributed by atoms with Gasteiger partial charge in [-0.2, -0.15) is 13.2 Å². The molecule has 0 spiro atoms. The first-order chi connectivity index (χ1) is 15.8. The molecule has 1 atom stereocenters. The molecule has 182 valence electrons. The summed E-state index contributed by atoms with van der Waals surface area (Å²) in [5.74, 6) is -1.16. The number of benzene rings is 1. The molecule has 0 amide bonds. The van der Waals surface area contributed by atoms with Crippen molar-refractivity contribution in [1.29, 1.82) is 0 Å². The summed E-state index contributed by atoms with van der Waals surface area (Å²) < 4.78 is 92.2. The number of aromatic nitrogens is 3. The summed E-state index contributed by atoms with van der Waals surface area (Å²) in [6, 6.07) is 2.90. The minimum Gasteiger partial charge on any atom is -0.363 e. The van der Waals surface area contributed by atoms with Gasteiger partial charge in [0.2, 0.25) is 0 Å². The number of alkyl halides is 4. The molecule has 0 aliphatic heterocycles. The van der Waals surface area contributed by atoms with Crippen LogP contribution >= 0.6 is 0 Å². The van der Waals surface area contributed by atoms with Crippen molar-refractivity contribution in [2.45, 2.75) is 48.7 Å². The van der Waals surface area contributed by atoms with Gasteiger partial charge in [0.15, 0.2) is 0 Å². The summed E-state index contributed by atoms with van der Waals surface area (Å²) in [6.45, 7) is 2.21. The van der Waals surface area contributed by atoms with Gasteiger partial charge in [0, 0.05) is 17.8 Å². The van der Waals surface area contributed by atoms with Gasteiger partial charge in [0.25, 0.3) is 15.4 Å². The molecular weight excluding hydrogens is 483 g/mol. The van der Waals surface area contributed by atoms with Gasteiger partial charge in [-0.25, -0.2) is 27.2 Å². The second-order valence-electron chi connectivity index (χ2n) is 8.23. The zero-order valence-electron chi connectivity index (χ0n) is 17.9. The summed E-state index contributed by atoms with van der Waals surface area (Å²) in [5, 5.41) is 3.18. The molecule has 0 radical (unpaired) electrons. The number of sulfone groups is 1. The van der Waals surface area contributed by atoms with Crippen LogP contribution < -0.4 is 10.9 Å². The molecule has 34 heavy (non-hydrogen) atoms. The van der Waals surface area contributed by atoms with Crippen LogP contribution in [0.1, 0.15) is 37.2 Å². The van der Waals surface area contributed by atoms with Crippen LogP contribution in [-0.2, 0) is 15.4 Å². The van der Waals surface area contributed by atoms with Crippen molar-refractivity contribution in [3.8, 4) is 0 Å². The average Bonchev–Trinajstić information content (AvgIpc) is 3.53. The van der Waals surface area contributed by atoms with Crippen molar-refractivity contribution in [3.05, 3.63) is 58.0 Å². The Morgan fingerprint density at radius 1 is 1.24 bits per heavy atom. The third-order valence-electron chi connectivity index (χ3n) is 5.84. The van der Waals surface area contributed by atoms with E-state index in [-0.39, 0.29) is 22.7 Å². The van der Waals surface area contributed by atoms with Crippen molar-refractivity contribution in [2.75, 3.05) is 12.0 Å². The minimum absolute atomic E-state index is 0.127. The van der Waals surface area contributed by atoms with Gasteiger partial charge in [-0.3, -0.25) is 4.79 Å². The summed E-state index contributed by atoms with van der Waals surface area (Å²) >= 11 is 0. The van der Waals surface area contributed by atoms with Gasteiger partial charge in [0.1, 0.15) is 29.0 Å². The Bertz CT molecular complexity index is 1450. The topological polar surface area (TPSA) is 94.0 Å². The van der Waals surface area contributed by atoms with E-state index in [1.807, 2.05) is 0 Å². The normalized spacial score (nSPS) is 16.4. The number of aryl methyl sites for hydroxylation is 1. The molecule has 4 rings (SSSR count).